The Bertz CT molecular complexity index is 581. The summed E-state index contributed by atoms with van der Waals surface area (Å²) in [5, 5.41) is 5.85. The van der Waals surface area contributed by atoms with Crippen molar-refractivity contribution in [1.29, 1.82) is 0 Å². The van der Waals surface area contributed by atoms with Gasteiger partial charge in [-0.2, -0.15) is 0 Å². The van der Waals surface area contributed by atoms with Gasteiger partial charge in [0.05, 0.1) is 10.7 Å². The van der Waals surface area contributed by atoms with Crippen molar-refractivity contribution in [2.45, 2.75) is 26.9 Å². The van der Waals surface area contributed by atoms with Gasteiger partial charge in [0.2, 0.25) is 0 Å². The molecule has 106 valence electrons. The monoisotopic (exact) mass is 290 g/mol. The van der Waals surface area contributed by atoms with Crippen LogP contribution in [-0.2, 0) is 6.61 Å². The van der Waals surface area contributed by atoms with Gasteiger partial charge in [-0.15, -0.1) is 11.3 Å². The molecule has 1 aromatic heterocycles. The van der Waals surface area contributed by atoms with Gasteiger partial charge in [-0.1, -0.05) is 13.0 Å². The van der Waals surface area contributed by atoms with Crippen LogP contribution in [0.25, 0.3) is 0 Å². The summed E-state index contributed by atoms with van der Waals surface area (Å²) in [7, 11) is 0. The van der Waals surface area contributed by atoms with Gasteiger partial charge in [0.15, 0.2) is 0 Å². The maximum absolute atomic E-state index is 11.9. The van der Waals surface area contributed by atoms with Crippen LogP contribution in [0.3, 0.4) is 0 Å². The lowest BCUT2D eigenvalue weighted by Crippen LogP contribution is -2.23. The summed E-state index contributed by atoms with van der Waals surface area (Å²) in [6.07, 6.45) is 0.922. The van der Waals surface area contributed by atoms with Crippen molar-refractivity contribution in [3.63, 3.8) is 0 Å². The van der Waals surface area contributed by atoms with Crippen LogP contribution in [0, 0.1) is 6.92 Å². The van der Waals surface area contributed by atoms with Crippen LogP contribution in [0.2, 0.25) is 0 Å². The minimum absolute atomic E-state index is 0.0678. The van der Waals surface area contributed by atoms with Crippen LogP contribution in [0.1, 0.15) is 34.4 Å². The molecule has 1 heterocycles. The number of carbonyl (C=O) groups excluding carboxylic acids is 1. The summed E-state index contributed by atoms with van der Waals surface area (Å²) in [5.41, 5.74) is 1.53. The molecule has 1 aromatic carbocycles. The molecule has 0 aliphatic carbocycles. The van der Waals surface area contributed by atoms with Gasteiger partial charge in [-0.25, -0.2) is 4.98 Å². The van der Waals surface area contributed by atoms with E-state index < -0.39 is 0 Å². The van der Waals surface area contributed by atoms with Gasteiger partial charge in [0, 0.05) is 17.5 Å². The van der Waals surface area contributed by atoms with Crippen LogP contribution in [-0.4, -0.2) is 17.4 Å². The summed E-state index contributed by atoms with van der Waals surface area (Å²) in [6, 6.07) is 7.20. The van der Waals surface area contributed by atoms with E-state index >= 15 is 0 Å². The minimum atomic E-state index is -0.0678. The number of amides is 1. The Morgan fingerprint density at radius 2 is 2.30 bits per heavy atom. The molecule has 0 saturated carbocycles. The van der Waals surface area contributed by atoms with E-state index in [4.69, 9.17) is 4.74 Å². The molecule has 1 amide bonds. The van der Waals surface area contributed by atoms with Crippen LogP contribution < -0.4 is 10.1 Å². The zero-order valence-corrected chi connectivity index (χ0v) is 12.5. The van der Waals surface area contributed by atoms with Crippen molar-refractivity contribution in [3.8, 4) is 5.75 Å². The third-order valence-corrected chi connectivity index (χ3v) is 3.51. The molecule has 2 aromatic rings. The third-order valence-electron chi connectivity index (χ3n) is 2.69. The van der Waals surface area contributed by atoms with E-state index in [1.165, 1.54) is 0 Å². The third kappa shape index (κ3) is 4.06. The largest absolute Gasteiger partial charge is 0.487 e. The second-order valence-corrected chi connectivity index (χ2v) is 5.49. The van der Waals surface area contributed by atoms with Crippen LogP contribution in [0.4, 0.5) is 0 Å². The topological polar surface area (TPSA) is 51.2 Å². The highest BCUT2D eigenvalue weighted by Crippen LogP contribution is 2.16. The Balaban J connectivity index is 1.97. The van der Waals surface area contributed by atoms with Gasteiger partial charge >= 0.3 is 0 Å². The second kappa shape index (κ2) is 7.05. The molecule has 5 heteroatoms. The van der Waals surface area contributed by atoms with Crippen LogP contribution >= 0.6 is 11.3 Å². The number of carbonyl (C=O) groups is 1. The molecule has 0 atom stereocenters. The number of hydrogen-bond donors (Lipinski definition) is 1. The lowest BCUT2D eigenvalue weighted by Gasteiger charge is -2.07. The van der Waals surface area contributed by atoms with E-state index in [0.717, 1.165) is 17.1 Å². The fourth-order valence-corrected chi connectivity index (χ4v) is 2.30. The number of nitrogens with one attached hydrogen (secondary N) is 1. The van der Waals surface area contributed by atoms with Gasteiger partial charge in [-0.05, 0) is 31.5 Å². The number of benzene rings is 1. The average Bonchev–Trinajstić information content (AvgIpc) is 2.88. The van der Waals surface area contributed by atoms with Crippen molar-refractivity contribution in [2.75, 3.05) is 6.54 Å². The Hall–Kier alpha value is -1.88. The fraction of sp³-hybridized carbons (Fsp3) is 0.333. The van der Waals surface area contributed by atoms with Crippen molar-refractivity contribution in [3.05, 3.63) is 45.9 Å². The number of rotatable bonds is 6. The lowest BCUT2D eigenvalue weighted by molar-refractivity contribution is 0.0953. The Kier molecular flexibility index (Phi) is 5.12. The first-order valence-electron chi connectivity index (χ1n) is 6.61. The summed E-state index contributed by atoms with van der Waals surface area (Å²) < 4.78 is 5.66. The highest BCUT2D eigenvalue weighted by molar-refractivity contribution is 7.09. The molecule has 4 nitrogen and oxygen atoms in total. The first-order valence-corrected chi connectivity index (χ1v) is 7.49. The number of thiazole rings is 1. The molecular weight excluding hydrogens is 272 g/mol. The second-order valence-electron chi connectivity index (χ2n) is 4.43. The van der Waals surface area contributed by atoms with Crippen LogP contribution in [0.5, 0.6) is 5.75 Å². The molecular formula is C15H18N2O2S. The normalized spacial score (nSPS) is 10.3. The predicted octanol–water partition coefficient (Wildman–Crippen LogP) is 3.17. The van der Waals surface area contributed by atoms with Gasteiger partial charge in [0.1, 0.15) is 12.4 Å². The number of hydrogen-bond acceptors (Lipinski definition) is 4. The maximum atomic E-state index is 11.9. The van der Waals surface area contributed by atoms with Crippen LogP contribution in [0.15, 0.2) is 29.6 Å². The van der Waals surface area contributed by atoms with Crippen molar-refractivity contribution >= 4 is 17.2 Å². The molecule has 0 aliphatic heterocycles. The first kappa shape index (κ1) is 14.5. The number of ether oxygens (including phenoxy) is 1. The average molecular weight is 290 g/mol. The number of nitrogens with zero attached hydrogens (tertiary/aromatic N) is 1. The smallest absolute Gasteiger partial charge is 0.251 e. The molecule has 0 spiro atoms. The van der Waals surface area contributed by atoms with Gasteiger partial charge in [-0.3, -0.25) is 4.79 Å². The van der Waals surface area contributed by atoms with Crippen molar-refractivity contribution < 1.29 is 9.53 Å². The highest BCUT2D eigenvalue weighted by atomic mass is 32.1. The summed E-state index contributed by atoms with van der Waals surface area (Å²) >= 11 is 1.60. The first-order chi connectivity index (χ1) is 9.69. The summed E-state index contributed by atoms with van der Waals surface area (Å²) in [4.78, 5) is 16.2. The Morgan fingerprint density at radius 1 is 1.45 bits per heavy atom. The van der Waals surface area contributed by atoms with Crippen molar-refractivity contribution in [1.82, 2.24) is 10.3 Å². The standard InChI is InChI=1S/C15H18N2O2S/c1-3-7-16-15(18)12-5-4-6-14(8-12)19-9-13-10-20-11(2)17-13/h4-6,8,10H,3,7,9H2,1-2H3,(H,16,18). The molecule has 0 bridgehead atoms. The van der Waals surface area contributed by atoms with E-state index in [0.29, 0.717) is 24.5 Å². The molecule has 20 heavy (non-hydrogen) atoms. The maximum Gasteiger partial charge on any atom is 0.251 e. The highest BCUT2D eigenvalue weighted by Gasteiger charge is 2.06. The molecule has 2 rings (SSSR count). The van der Waals surface area contributed by atoms with E-state index in [1.807, 2.05) is 31.4 Å². The summed E-state index contributed by atoms with van der Waals surface area (Å²) in [5.74, 6) is 0.613. The molecule has 0 unspecified atom stereocenters. The van der Waals surface area contributed by atoms with Gasteiger partial charge in [0.25, 0.3) is 5.91 Å². The molecule has 0 saturated heterocycles. The predicted molar refractivity (Wildman–Crippen MR) is 80.2 cm³/mol. The fourth-order valence-electron chi connectivity index (χ4n) is 1.70. The zero-order chi connectivity index (χ0) is 14.4. The molecule has 0 aliphatic rings. The molecule has 1 N–H and O–H groups in total. The quantitative estimate of drug-likeness (QED) is 0.889. The number of aromatic nitrogens is 1. The van der Waals surface area contributed by atoms with Crippen molar-refractivity contribution in [2.24, 2.45) is 0 Å². The molecule has 0 radical (unpaired) electrons. The zero-order valence-electron chi connectivity index (χ0n) is 11.7. The molecule has 0 fully saturated rings. The Labute approximate surface area is 122 Å². The SMILES string of the molecule is CCCNC(=O)c1cccc(OCc2csc(C)n2)c1. The van der Waals surface area contributed by atoms with E-state index in [9.17, 15) is 4.79 Å². The lowest BCUT2D eigenvalue weighted by atomic mass is 10.2. The van der Waals surface area contributed by atoms with Gasteiger partial charge < -0.3 is 10.1 Å². The minimum Gasteiger partial charge on any atom is -0.487 e. The van der Waals surface area contributed by atoms with E-state index in [1.54, 1.807) is 23.5 Å². The van der Waals surface area contributed by atoms with E-state index in [2.05, 4.69) is 10.3 Å². The van der Waals surface area contributed by atoms with E-state index in [-0.39, 0.29) is 5.91 Å². The Morgan fingerprint density at radius 3 is 3.00 bits per heavy atom. The number of aryl methyl sites for hydroxylation is 1. The summed E-state index contributed by atoms with van der Waals surface area (Å²) in [6.45, 7) is 5.09.